The highest BCUT2D eigenvalue weighted by molar-refractivity contribution is 5.91. The smallest absolute Gasteiger partial charge is 0.338 e. The molecule has 0 heterocycles. The number of esters is 1. The van der Waals surface area contributed by atoms with E-state index in [1.165, 1.54) is 44.9 Å². The van der Waals surface area contributed by atoms with Crippen LogP contribution in [0.4, 0.5) is 0 Å². The van der Waals surface area contributed by atoms with Gasteiger partial charge in [-0.2, -0.15) is 0 Å². The van der Waals surface area contributed by atoms with E-state index in [1.54, 1.807) is 0 Å². The zero-order chi connectivity index (χ0) is 19.4. The number of phenolic OH excluding ortho intramolecular Hbond substituents is 3. The molecule has 0 saturated carbocycles. The third kappa shape index (κ3) is 8.97. The quantitative estimate of drug-likeness (QED) is 0.243. The summed E-state index contributed by atoms with van der Waals surface area (Å²) in [5.41, 5.74) is 0.0234. The summed E-state index contributed by atoms with van der Waals surface area (Å²) in [6.07, 6.45) is 12.1. The van der Waals surface area contributed by atoms with E-state index in [2.05, 4.69) is 13.8 Å². The Bertz CT molecular complexity index is 516. The molecule has 0 radical (unpaired) electrons. The topological polar surface area (TPSA) is 87.0 Å². The molecule has 1 aromatic carbocycles. The number of unbranched alkanes of at least 4 members (excludes halogenated alkanes) is 8. The number of carbonyl (C=O) groups excluding carboxylic acids is 1. The highest BCUT2D eigenvalue weighted by atomic mass is 16.5. The Hall–Kier alpha value is -1.91. The molecule has 0 spiro atoms. The van der Waals surface area contributed by atoms with Crippen LogP contribution in [-0.2, 0) is 4.74 Å². The zero-order valence-corrected chi connectivity index (χ0v) is 16.2. The summed E-state index contributed by atoms with van der Waals surface area (Å²) < 4.78 is 5.13. The molecule has 0 fully saturated rings. The minimum absolute atomic E-state index is 0.0234. The second kappa shape index (κ2) is 12.4. The van der Waals surface area contributed by atoms with Crippen LogP contribution in [0.1, 0.15) is 88.4 Å². The lowest BCUT2D eigenvalue weighted by Crippen LogP contribution is -2.06. The van der Waals surface area contributed by atoms with Gasteiger partial charge in [-0.15, -0.1) is 0 Å². The summed E-state index contributed by atoms with van der Waals surface area (Å²) in [5.74, 6) is -1.52. The first-order valence-corrected chi connectivity index (χ1v) is 9.84. The van der Waals surface area contributed by atoms with Crippen molar-refractivity contribution in [1.29, 1.82) is 0 Å². The maximum absolute atomic E-state index is 11.8. The molecule has 1 aromatic rings. The van der Waals surface area contributed by atoms with E-state index in [0.29, 0.717) is 6.61 Å². The minimum atomic E-state index is -0.638. The summed E-state index contributed by atoms with van der Waals surface area (Å²) in [6.45, 7) is 4.86. The molecule has 0 atom stereocenters. The van der Waals surface area contributed by atoms with E-state index in [9.17, 15) is 20.1 Å². The van der Waals surface area contributed by atoms with Gasteiger partial charge in [-0.3, -0.25) is 0 Å². The third-order valence-corrected chi connectivity index (χ3v) is 4.46. The lowest BCUT2D eigenvalue weighted by Gasteiger charge is -2.07. The van der Waals surface area contributed by atoms with Crippen molar-refractivity contribution < 1.29 is 24.9 Å². The Balaban J connectivity index is 2.01. The summed E-state index contributed by atoms with van der Waals surface area (Å²) >= 11 is 0. The Morgan fingerprint density at radius 1 is 0.846 bits per heavy atom. The Morgan fingerprint density at radius 3 is 1.81 bits per heavy atom. The van der Waals surface area contributed by atoms with E-state index in [1.807, 2.05) is 0 Å². The molecule has 0 bridgehead atoms. The number of benzene rings is 1. The van der Waals surface area contributed by atoms with Crippen LogP contribution in [0.2, 0.25) is 0 Å². The summed E-state index contributed by atoms with van der Waals surface area (Å²) in [7, 11) is 0. The van der Waals surface area contributed by atoms with Crippen LogP contribution in [0, 0.1) is 5.92 Å². The second-order valence-electron chi connectivity index (χ2n) is 7.36. The molecule has 5 nitrogen and oxygen atoms in total. The molecule has 3 N–H and O–H groups in total. The van der Waals surface area contributed by atoms with Crippen LogP contribution in [0.15, 0.2) is 12.1 Å². The number of aromatic hydroxyl groups is 3. The van der Waals surface area contributed by atoms with Crippen molar-refractivity contribution in [3.63, 3.8) is 0 Å². The first kappa shape index (κ1) is 22.1. The van der Waals surface area contributed by atoms with Gasteiger partial charge < -0.3 is 20.1 Å². The molecule has 0 aliphatic heterocycles. The van der Waals surface area contributed by atoms with Crippen molar-refractivity contribution in [2.45, 2.75) is 78.1 Å². The fraction of sp³-hybridized carbons (Fsp3) is 0.667. The van der Waals surface area contributed by atoms with Crippen molar-refractivity contribution in [2.24, 2.45) is 5.92 Å². The first-order chi connectivity index (χ1) is 12.4. The number of phenols is 3. The van der Waals surface area contributed by atoms with Crippen molar-refractivity contribution in [2.75, 3.05) is 6.61 Å². The van der Waals surface area contributed by atoms with Crippen molar-refractivity contribution in [3.8, 4) is 17.2 Å². The first-order valence-electron chi connectivity index (χ1n) is 9.84. The monoisotopic (exact) mass is 366 g/mol. The van der Waals surface area contributed by atoms with Crippen LogP contribution in [0.5, 0.6) is 17.2 Å². The van der Waals surface area contributed by atoms with Crippen LogP contribution < -0.4 is 0 Å². The molecule has 0 aromatic heterocycles. The van der Waals surface area contributed by atoms with Gasteiger partial charge in [0.15, 0.2) is 17.2 Å². The molecule has 0 unspecified atom stereocenters. The Morgan fingerprint density at radius 2 is 1.31 bits per heavy atom. The van der Waals surface area contributed by atoms with Crippen molar-refractivity contribution in [3.05, 3.63) is 17.7 Å². The Labute approximate surface area is 157 Å². The van der Waals surface area contributed by atoms with Gasteiger partial charge >= 0.3 is 5.97 Å². The van der Waals surface area contributed by atoms with E-state index in [4.69, 9.17) is 4.74 Å². The van der Waals surface area contributed by atoms with Crippen molar-refractivity contribution in [1.82, 2.24) is 0 Å². The van der Waals surface area contributed by atoms with Gasteiger partial charge in [-0.25, -0.2) is 4.79 Å². The van der Waals surface area contributed by atoms with Crippen molar-refractivity contribution >= 4 is 5.97 Å². The van der Waals surface area contributed by atoms with Crippen LogP contribution in [-0.4, -0.2) is 27.9 Å². The SMILES string of the molecule is CC(C)CCCCCCCCCCCOC(=O)c1cc(O)c(O)c(O)c1. The fourth-order valence-electron chi connectivity index (χ4n) is 2.86. The molecule has 5 heteroatoms. The zero-order valence-electron chi connectivity index (χ0n) is 16.2. The van der Waals surface area contributed by atoms with E-state index in [-0.39, 0.29) is 5.56 Å². The average Bonchev–Trinajstić information content (AvgIpc) is 2.59. The Kier molecular flexibility index (Phi) is 10.6. The molecule has 148 valence electrons. The minimum Gasteiger partial charge on any atom is -0.504 e. The van der Waals surface area contributed by atoms with Gasteiger partial charge in [-0.05, 0) is 24.5 Å². The van der Waals surface area contributed by atoms with E-state index in [0.717, 1.165) is 37.3 Å². The fourth-order valence-corrected chi connectivity index (χ4v) is 2.86. The second-order valence-corrected chi connectivity index (χ2v) is 7.36. The van der Waals surface area contributed by atoms with Gasteiger partial charge in [0.05, 0.1) is 12.2 Å². The van der Waals surface area contributed by atoms with Crippen LogP contribution in [0.3, 0.4) is 0 Å². The molecule has 0 amide bonds. The van der Waals surface area contributed by atoms with Gasteiger partial charge in [-0.1, -0.05) is 71.6 Å². The van der Waals surface area contributed by atoms with Gasteiger partial charge in [0.1, 0.15) is 0 Å². The maximum atomic E-state index is 11.8. The van der Waals surface area contributed by atoms with Gasteiger partial charge in [0.2, 0.25) is 0 Å². The number of rotatable bonds is 13. The molecule has 0 aliphatic carbocycles. The number of ether oxygens (including phenoxy) is 1. The lowest BCUT2D eigenvalue weighted by molar-refractivity contribution is 0.0496. The number of carbonyl (C=O) groups is 1. The van der Waals surface area contributed by atoms with Gasteiger partial charge in [0.25, 0.3) is 0 Å². The third-order valence-electron chi connectivity index (χ3n) is 4.46. The summed E-state index contributed by atoms with van der Waals surface area (Å²) in [5, 5.41) is 28.1. The molecule has 1 rings (SSSR count). The van der Waals surface area contributed by atoms with Gasteiger partial charge in [0, 0.05) is 0 Å². The van der Waals surface area contributed by atoms with E-state index >= 15 is 0 Å². The van der Waals surface area contributed by atoms with Crippen LogP contribution in [0.25, 0.3) is 0 Å². The molecular formula is C21H34O5. The number of hydrogen-bond donors (Lipinski definition) is 3. The average molecular weight is 366 g/mol. The molecular weight excluding hydrogens is 332 g/mol. The van der Waals surface area contributed by atoms with E-state index < -0.39 is 23.2 Å². The normalized spacial score (nSPS) is 11.0. The standard InChI is InChI=1S/C21H34O5/c1-16(2)12-10-8-6-4-3-5-7-9-11-13-26-21(25)17-14-18(22)20(24)19(23)15-17/h14-16,22-24H,3-13H2,1-2H3. The molecule has 0 saturated heterocycles. The predicted octanol–water partition coefficient (Wildman–Crippen LogP) is 5.52. The summed E-state index contributed by atoms with van der Waals surface area (Å²) in [6, 6.07) is 2.16. The highest BCUT2D eigenvalue weighted by Crippen LogP contribution is 2.35. The number of hydrogen-bond acceptors (Lipinski definition) is 5. The molecule has 0 aliphatic rings. The largest absolute Gasteiger partial charge is 0.504 e. The van der Waals surface area contributed by atoms with Crippen LogP contribution >= 0.6 is 0 Å². The molecule has 26 heavy (non-hydrogen) atoms. The summed E-state index contributed by atoms with van der Waals surface area (Å²) in [4.78, 5) is 11.8. The lowest BCUT2D eigenvalue weighted by atomic mass is 10.0. The highest BCUT2D eigenvalue weighted by Gasteiger charge is 2.14. The maximum Gasteiger partial charge on any atom is 0.338 e. The predicted molar refractivity (Wildman–Crippen MR) is 103 cm³/mol.